The van der Waals surface area contributed by atoms with E-state index in [2.05, 4.69) is 22.0 Å². The van der Waals surface area contributed by atoms with E-state index in [0.717, 1.165) is 19.6 Å². The highest BCUT2D eigenvalue weighted by Crippen LogP contribution is 1.88. The Balaban J connectivity index is 3.69. The van der Waals surface area contributed by atoms with Gasteiger partial charge in [0.25, 0.3) is 0 Å². The molecule has 78 valence electrons. The number of hydrogen-bond acceptors (Lipinski definition) is 3. The molecule has 13 heavy (non-hydrogen) atoms. The first kappa shape index (κ1) is 12.4. The highest BCUT2D eigenvalue weighted by Gasteiger charge is 2.06. The molecule has 1 N–H and O–H groups in total. The van der Waals surface area contributed by atoms with Crippen molar-refractivity contribution in [1.82, 2.24) is 15.1 Å². The standard InChI is InChI=1S/C9H21N3O/c1-5-12(7-6-11(3)4)8-9(13)10-2/h5-8H2,1-4H3,(H,10,13). The zero-order valence-corrected chi connectivity index (χ0v) is 9.13. The monoisotopic (exact) mass is 187 g/mol. The topological polar surface area (TPSA) is 35.6 Å². The maximum Gasteiger partial charge on any atom is 0.233 e. The fourth-order valence-electron chi connectivity index (χ4n) is 0.973. The van der Waals surface area contributed by atoms with Gasteiger partial charge in [-0.25, -0.2) is 0 Å². The van der Waals surface area contributed by atoms with Gasteiger partial charge in [0.05, 0.1) is 6.54 Å². The summed E-state index contributed by atoms with van der Waals surface area (Å²) in [5, 5.41) is 2.62. The quantitative estimate of drug-likeness (QED) is 0.615. The molecule has 0 heterocycles. The van der Waals surface area contributed by atoms with E-state index in [4.69, 9.17) is 0 Å². The SMILES string of the molecule is CCN(CCN(C)C)CC(=O)NC. The lowest BCUT2D eigenvalue weighted by atomic mass is 10.4. The third-order valence-electron chi connectivity index (χ3n) is 1.96. The zero-order valence-electron chi connectivity index (χ0n) is 9.13. The van der Waals surface area contributed by atoms with Crippen LogP contribution in [0.3, 0.4) is 0 Å². The summed E-state index contributed by atoms with van der Waals surface area (Å²) in [5.41, 5.74) is 0. The lowest BCUT2D eigenvalue weighted by molar-refractivity contribution is -0.121. The zero-order chi connectivity index (χ0) is 10.3. The minimum Gasteiger partial charge on any atom is -0.358 e. The molecule has 0 atom stereocenters. The second kappa shape index (κ2) is 6.86. The molecule has 4 heteroatoms. The maximum atomic E-state index is 11.1. The van der Waals surface area contributed by atoms with Crippen LogP contribution in [-0.2, 0) is 4.79 Å². The third-order valence-corrected chi connectivity index (χ3v) is 1.96. The Hall–Kier alpha value is -0.610. The number of amides is 1. The van der Waals surface area contributed by atoms with Crippen LogP contribution in [0, 0.1) is 0 Å². The molecule has 0 radical (unpaired) electrons. The van der Waals surface area contributed by atoms with Gasteiger partial charge in [-0.15, -0.1) is 0 Å². The van der Waals surface area contributed by atoms with Crippen molar-refractivity contribution >= 4 is 5.91 Å². The lowest BCUT2D eigenvalue weighted by Gasteiger charge is -2.21. The number of hydrogen-bond donors (Lipinski definition) is 1. The third kappa shape index (κ3) is 6.54. The summed E-state index contributed by atoms with van der Waals surface area (Å²) in [4.78, 5) is 15.3. The molecule has 0 aliphatic heterocycles. The molecule has 0 aliphatic rings. The van der Waals surface area contributed by atoms with E-state index in [1.807, 2.05) is 14.1 Å². The Labute approximate surface area is 80.9 Å². The van der Waals surface area contributed by atoms with Gasteiger partial charge < -0.3 is 10.2 Å². The van der Waals surface area contributed by atoms with Crippen LogP contribution in [0.4, 0.5) is 0 Å². The van der Waals surface area contributed by atoms with Crippen molar-refractivity contribution in [3.05, 3.63) is 0 Å². The highest BCUT2D eigenvalue weighted by molar-refractivity contribution is 5.77. The summed E-state index contributed by atoms with van der Waals surface area (Å²) in [7, 11) is 5.74. The number of rotatable bonds is 6. The molecule has 0 aromatic carbocycles. The van der Waals surface area contributed by atoms with Crippen molar-refractivity contribution in [3.8, 4) is 0 Å². The molecule has 0 saturated carbocycles. The first-order chi connectivity index (χ1) is 6.10. The molecule has 0 saturated heterocycles. The largest absolute Gasteiger partial charge is 0.358 e. The molecule has 0 bridgehead atoms. The van der Waals surface area contributed by atoms with Gasteiger partial charge in [0.2, 0.25) is 5.91 Å². The van der Waals surface area contributed by atoms with Crippen molar-refractivity contribution in [1.29, 1.82) is 0 Å². The predicted octanol–water partition coefficient (Wildman–Crippen LogP) is -0.384. The Morgan fingerprint density at radius 2 is 1.92 bits per heavy atom. The van der Waals surface area contributed by atoms with Crippen LogP contribution in [0.5, 0.6) is 0 Å². The summed E-state index contributed by atoms with van der Waals surface area (Å²) in [6.45, 7) is 5.42. The smallest absolute Gasteiger partial charge is 0.233 e. The van der Waals surface area contributed by atoms with Crippen LogP contribution in [0.1, 0.15) is 6.92 Å². The Kier molecular flexibility index (Phi) is 6.54. The van der Waals surface area contributed by atoms with Crippen LogP contribution in [-0.4, -0.2) is 63.0 Å². The molecule has 0 spiro atoms. The predicted molar refractivity (Wildman–Crippen MR) is 54.7 cm³/mol. The van der Waals surface area contributed by atoms with Crippen molar-refractivity contribution in [2.24, 2.45) is 0 Å². The van der Waals surface area contributed by atoms with Gasteiger partial charge in [-0.05, 0) is 20.6 Å². The van der Waals surface area contributed by atoms with Crippen molar-refractivity contribution in [2.45, 2.75) is 6.92 Å². The molecule has 0 aromatic rings. The van der Waals surface area contributed by atoms with Crippen LogP contribution in [0.2, 0.25) is 0 Å². The van der Waals surface area contributed by atoms with Crippen molar-refractivity contribution < 1.29 is 4.79 Å². The number of carbonyl (C=O) groups is 1. The Morgan fingerprint density at radius 1 is 1.31 bits per heavy atom. The molecule has 0 unspecified atom stereocenters. The van der Waals surface area contributed by atoms with E-state index in [9.17, 15) is 4.79 Å². The maximum absolute atomic E-state index is 11.1. The first-order valence-corrected chi connectivity index (χ1v) is 4.67. The van der Waals surface area contributed by atoms with Crippen molar-refractivity contribution in [2.75, 3.05) is 47.3 Å². The Morgan fingerprint density at radius 3 is 2.31 bits per heavy atom. The van der Waals surface area contributed by atoms with Gasteiger partial charge in [0, 0.05) is 20.1 Å². The van der Waals surface area contributed by atoms with Gasteiger partial charge in [-0.1, -0.05) is 6.92 Å². The van der Waals surface area contributed by atoms with Gasteiger partial charge in [-0.2, -0.15) is 0 Å². The second-order valence-corrected chi connectivity index (χ2v) is 3.35. The van der Waals surface area contributed by atoms with Gasteiger partial charge in [0.15, 0.2) is 0 Å². The molecular formula is C9H21N3O. The van der Waals surface area contributed by atoms with E-state index >= 15 is 0 Å². The summed E-state index contributed by atoms with van der Waals surface area (Å²) >= 11 is 0. The summed E-state index contributed by atoms with van der Waals surface area (Å²) in [6, 6.07) is 0. The van der Waals surface area contributed by atoms with Crippen LogP contribution >= 0.6 is 0 Å². The van der Waals surface area contributed by atoms with Gasteiger partial charge in [0.1, 0.15) is 0 Å². The van der Waals surface area contributed by atoms with Crippen LogP contribution in [0.15, 0.2) is 0 Å². The van der Waals surface area contributed by atoms with Gasteiger partial charge >= 0.3 is 0 Å². The van der Waals surface area contributed by atoms with Crippen LogP contribution < -0.4 is 5.32 Å². The summed E-state index contributed by atoms with van der Waals surface area (Å²) in [6.07, 6.45) is 0. The summed E-state index contributed by atoms with van der Waals surface area (Å²) < 4.78 is 0. The number of nitrogens with zero attached hydrogens (tertiary/aromatic N) is 2. The minimum absolute atomic E-state index is 0.0839. The average Bonchev–Trinajstić information content (AvgIpc) is 2.11. The lowest BCUT2D eigenvalue weighted by Crippen LogP contribution is -2.39. The molecule has 0 aliphatic carbocycles. The second-order valence-electron chi connectivity index (χ2n) is 3.35. The van der Waals surface area contributed by atoms with E-state index in [0.29, 0.717) is 6.54 Å². The first-order valence-electron chi connectivity index (χ1n) is 4.67. The average molecular weight is 187 g/mol. The summed E-state index contributed by atoms with van der Waals surface area (Å²) in [5.74, 6) is 0.0839. The molecule has 0 fully saturated rings. The minimum atomic E-state index is 0.0839. The van der Waals surface area contributed by atoms with E-state index < -0.39 is 0 Å². The normalized spacial score (nSPS) is 10.9. The molecule has 0 rings (SSSR count). The molecule has 1 amide bonds. The van der Waals surface area contributed by atoms with E-state index in [-0.39, 0.29) is 5.91 Å². The number of nitrogens with one attached hydrogen (secondary N) is 1. The van der Waals surface area contributed by atoms with E-state index in [1.165, 1.54) is 0 Å². The Bertz CT molecular complexity index is 148. The molecule has 4 nitrogen and oxygen atoms in total. The van der Waals surface area contributed by atoms with Crippen molar-refractivity contribution in [3.63, 3.8) is 0 Å². The fourth-order valence-corrected chi connectivity index (χ4v) is 0.973. The van der Waals surface area contributed by atoms with Crippen LogP contribution in [0.25, 0.3) is 0 Å². The number of likely N-dealkylation sites (N-methyl/N-ethyl adjacent to an activating group) is 3. The molecule has 0 aromatic heterocycles. The fraction of sp³-hybridized carbons (Fsp3) is 0.889. The molecular weight excluding hydrogens is 166 g/mol. The van der Waals surface area contributed by atoms with E-state index in [1.54, 1.807) is 7.05 Å². The number of carbonyl (C=O) groups excluding carboxylic acids is 1. The highest BCUT2D eigenvalue weighted by atomic mass is 16.1. The van der Waals surface area contributed by atoms with Gasteiger partial charge in [-0.3, -0.25) is 9.69 Å².